The number of benzene rings is 1. The first-order valence-electron chi connectivity index (χ1n) is 5.22. The van der Waals surface area contributed by atoms with E-state index in [9.17, 15) is 4.79 Å². The normalized spacial score (nSPS) is 12.6. The molecule has 1 amide bonds. The van der Waals surface area contributed by atoms with Crippen molar-refractivity contribution in [2.75, 3.05) is 5.32 Å². The molecule has 0 aliphatic carbocycles. The Morgan fingerprint density at radius 2 is 2.41 bits per heavy atom. The van der Waals surface area contributed by atoms with Crippen LogP contribution in [0.4, 0.5) is 5.13 Å². The van der Waals surface area contributed by atoms with Gasteiger partial charge in [0.25, 0.3) is 0 Å². The zero-order chi connectivity index (χ0) is 12.4. The number of rotatable bonds is 3. The highest BCUT2D eigenvalue weighted by Gasteiger charge is 2.13. The Kier molecular flexibility index (Phi) is 3.61. The number of aromatic nitrogens is 1. The predicted octanol–water partition coefficient (Wildman–Crippen LogP) is 2.63. The van der Waals surface area contributed by atoms with Gasteiger partial charge in [0.1, 0.15) is 0 Å². The van der Waals surface area contributed by atoms with Gasteiger partial charge >= 0.3 is 0 Å². The summed E-state index contributed by atoms with van der Waals surface area (Å²) in [6, 6.07) is 4.92. The van der Waals surface area contributed by atoms with E-state index < -0.39 is 6.04 Å². The molecule has 1 atom stereocenters. The number of hydrogen-bond acceptors (Lipinski definition) is 4. The molecular formula is C11H12ClN3OS. The van der Waals surface area contributed by atoms with Crippen molar-refractivity contribution in [1.82, 2.24) is 4.98 Å². The largest absolute Gasteiger partial charge is 0.320 e. The number of fused-ring (bicyclic) bond motifs is 1. The van der Waals surface area contributed by atoms with Crippen LogP contribution in [0.5, 0.6) is 0 Å². The molecule has 17 heavy (non-hydrogen) atoms. The Morgan fingerprint density at radius 1 is 1.65 bits per heavy atom. The molecule has 0 saturated heterocycles. The first kappa shape index (κ1) is 12.3. The highest BCUT2D eigenvalue weighted by Crippen LogP contribution is 2.28. The van der Waals surface area contributed by atoms with Gasteiger partial charge in [-0.1, -0.05) is 29.9 Å². The lowest BCUT2D eigenvalue weighted by Gasteiger charge is -2.06. The summed E-state index contributed by atoms with van der Waals surface area (Å²) in [4.78, 5) is 15.9. The van der Waals surface area contributed by atoms with Gasteiger partial charge in [-0.3, -0.25) is 4.79 Å². The van der Waals surface area contributed by atoms with Gasteiger partial charge < -0.3 is 11.1 Å². The Morgan fingerprint density at radius 3 is 3.12 bits per heavy atom. The van der Waals surface area contributed by atoms with E-state index in [-0.39, 0.29) is 5.91 Å². The summed E-state index contributed by atoms with van der Waals surface area (Å²) in [6.45, 7) is 1.86. The molecule has 0 spiro atoms. The highest BCUT2D eigenvalue weighted by molar-refractivity contribution is 7.22. The van der Waals surface area contributed by atoms with E-state index in [1.165, 1.54) is 11.3 Å². The fourth-order valence-electron chi connectivity index (χ4n) is 1.34. The number of amides is 1. The predicted molar refractivity (Wildman–Crippen MR) is 71.5 cm³/mol. The minimum atomic E-state index is -0.495. The maximum Gasteiger partial charge on any atom is 0.243 e. The maximum absolute atomic E-state index is 11.6. The molecule has 1 aromatic carbocycles. The van der Waals surface area contributed by atoms with Crippen LogP contribution >= 0.6 is 22.9 Å². The molecule has 0 radical (unpaired) electrons. The van der Waals surface area contributed by atoms with Crippen LogP contribution in [0, 0.1) is 0 Å². The van der Waals surface area contributed by atoms with Crippen molar-refractivity contribution < 1.29 is 4.79 Å². The third-order valence-electron chi connectivity index (χ3n) is 2.36. The topological polar surface area (TPSA) is 68.0 Å². The minimum absolute atomic E-state index is 0.211. The monoisotopic (exact) mass is 269 g/mol. The molecule has 2 aromatic rings. The number of nitrogens with one attached hydrogen (secondary N) is 1. The zero-order valence-electron chi connectivity index (χ0n) is 9.24. The van der Waals surface area contributed by atoms with Crippen LogP contribution in [-0.4, -0.2) is 16.9 Å². The Bertz CT molecular complexity index is 555. The summed E-state index contributed by atoms with van der Waals surface area (Å²) >= 11 is 7.26. The summed E-state index contributed by atoms with van der Waals surface area (Å²) in [6.07, 6.45) is 0.600. The van der Waals surface area contributed by atoms with Gasteiger partial charge in [-0.2, -0.15) is 0 Å². The highest BCUT2D eigenvalue weighted by atomic mass is 35.5. The van der Waals surface area contributed by atoms with Gasteiger partial charge in [-0.05, 0) is 24.6 Å². The second kappa shape index (κ2) is 5.00. The fourth-order valence-corrected chi connectivity index (χ4v) is 2.48. The molecule has 0 fully saturated rings. The average Bonchev–Trinajstić information content (AvgIpc) is 2.69. The zero-order valence-corrected chi connectivity index (χ0v) is 10.8. The number of hydrogen-bond donors (Lipinski definition) is 2. The molecular weight excluding hydrogens is 258 g/mol. The van der Waals surface area contributed by atoms with Gasteiger partial charge in [0, 0.05) is 5.02 Å². The van der Waals surface area contributed by atoms with Gasteiger partial charge in [0.2, 0.25) is 5.91 Å². The van der Waals surface area contributed by atoms with Crippen molar-refractivity contribution in [3.8, 4) is 0 Å². The van der Waals surface area contributed by atoms with Crippen molar-refractivity contribution in [2.45, 2.75) is 19.4 Å². The van der Waals surface area contributed by atoms with E-state index in [0.717, 1.165) is 10.2 Å². The lowest BCUT2D eigenvalue weighted by molar-refractivity contribution is -0.117. The molecule has 0 saturated carbocycles. The van der Waals surface area contributed by atoms with Crippen LogP contribution in [0.15, 0.2) is 18.2 Å². The lowest BCUT2D eigenvalue weighted by Crippen LogP contribution is -2.34. The first-order valence-corrected chi connectivity index (χ1v) is 6.42. The van der Waals surface area contributed by atoms with Crippen molar-refractivity contribution in [1.29, 1.82) is 0 Å². The fraction of sp³-hybridized carbons (Fsp3) is 0.273. The smallest absolute Gasteiger partial charge is 0.243 e. The summed E-state index contributed by atoms with van der Waals surface area (Å²) in [7, 11) is 0. The minimum Gasteiger partial charge on any atom is -0.320 e. The summed E-state index contributed by atoms with van der Waals surface area (Å²) in [5, 5.41) is 3.91. The van der Waals surface area contributed by atoms with E-state index in [2.05, 4.69) is 10.3 Å². The van der Waals surface area contributed by atoms with Crippen molar-refractivity contribution in [3.05, 3.63) is 23.2 Å². The summed E-state index contributed by atoms with van der Waals surface area (Å²) in [5.74, 6) is -0.211. The Balaban J connectivity index is 2.22. The standard InChI is InChI=1S/C11H12ClN3OS/c1-2-7(13)10(16)15-11-14-8-4-3-6(12)5-9(8)17-11/h3-5,7H,2,13H2,1H3,(H,14,15,16)/t7-/m0/s1. The molecule has 0 bridgehead atoms. The average molecular weight is 270 g/mol. The molecule has 1 heterocycles. The number of nitrogens with zero attached hydrogens (tertiary/aromatic N) is 1. The molecule has 4 nitrogen and oxygen atoms in total. The second-order valence-electron chi connectivity index (χ2n) is 3.64. The summed E-state index contributed by atoms with van der Waals surface area (Å²) in [5.41, 5.74) is 6.45. The molecule has 1 aromatic heterocycles. The molecule has 3 N–H and O–H groups in total. The molecule has 2 rings (SSSR count). The van der Waals surface area contributed by atoms with E-state index >= 15 is 0 Å². The van der Waals surface area contributed by atoms with Gasteiger partial charge in [-0.15, -0.1) is 0 Å². The molecule has 6 heteroatoms. The van der Waals surface area contributed by atoms with Gasteiger partial charge in [-0.25, -0.2) is 4.98 Å². The number of thiazole rings is 1. The number of anilines is 1. The van der Waals surface area contributed by atoms with Crippen LogP contribution in [0.25, 0.3) is 10.2 Å². The number of carbonyl (C=O) groups is 1. The van der Waals surface area contributed by atoms with E-state index in [4.69, 9.17) is 17.3 Å². The van der Waals surface area contributed by atoms with Crippen LogP contribution in [0.1, 0.15) is 13.3 Å². The SMILES string of the molecule is CC[C@H](N)C(=O)Nc1nc2ccc(Cl)cc2s1. The number of nitrogens with two attached hydrogens (primary N) is 1. The van der Waals surface area contributed by atoms with Crippen LogP contribution in [0.3, 0.4) is 0 Å². The van der Waals surface area contributed by atoms with Crippen molar-refractivity contribution in [2.24, 2.45) is 5.73 Å². The first-order chi connectivity index (χ1) is 8.10. The molecule has 0 unspecified atom stereocenters. The van der Waals surface area contributed by atoms with Crippen molar-refractivity contribution in [3.63, 3.8) is 0 Å². The Labute approximate surface area is 108 Å². The third kappa shape index (κ3) is 2.74. The molecule has 90 valence electrons. The molecule has 0 aliphatic rings. The van der Waals surface area contributed by atoms with Crippen LogP contribution in [-0.2, 0) is 4.79 Å². The van der Waals surface area contributed by atoms with Gasteiger partial charge in [0.05, 0.1) is 16.3 Å². The van der Waals surface area contributed by atoms with E-state index in [0.29, 0.717) is 16.6 Å². The van der Waals surface area contributed by atoms with Crippen LogP contribution in [0.2, 0.25) is 5.02 Å². The lowest BCUT2D eigenvalue weighted by atomic mass is 10.2. The Hall–Kier alpha value is -1.17. The molecule has 0 aliphatic heterocycles. The number of carbonyl (C=O) groups excluding carboxylic acids is 1. The maximum atomic E-state index is 11.6. The quantitative estimate of drug-likeness (QED) is 0.900. The second-order valence-corrected chi connectivity index (χ2v) is 5.10. The third-order valence-corrected chi connectivity index (χ3v) is 3.53. The van der Waals surface area contributed by atoms with E-state index in [1.807, 2.05) is 19.1 Å². The van der Waals surface area contributed by atoms with Gasteiger partial charge in [0.15, 0.2) is 5.13 Å². The number of halogens is 1. The van der Waals surface area contributed by atoms with Crippen molar-refractivity contribution >= 4 is 44.2 Å². The summed E-state index contributed by atoms with van der Waals surface area (Å²) < 4.78 is 0.942. The van der Waals surface area contributed by atoms with E-state index in [1.54, 1.807) is 6.07 Å². The van der Waals surface area contributed by atoms with Crippen LogP contribution < -0.4 is 11.1 Å².